The van der Waals surface area contributed by atoms with Crippen molar-refractivity contribution in [1.82, 2.24) is 34.8 Å². The van der Waals surface area contributed by atoms with E-state index in [1.165, 1.54) is 6.07 Å². The van der Waals surface area contributed by atoms with Crippen LogP contribution in [0.2, 0.25) is 0 Å². The van der Waals surface area contributed by atoms with E-state index in [-0.39, 0.29) is 17.7 Å². The molecule has 1 aliphatic heterocycles. The van der Waals surface area contributed by atoms with Gasteiger partial charge in [0.15, 0.2) is 0 Å². The van der Waals surface area contributed by atoms with Crippen LogP contribution in [0.3, 0.4) is 0 Å². The van der Waals surface area contributed by atoms with Crippen LogP contribution in [0, 0.1) is 12.7 Å². The molecule has 6 rings (SSSR count). The van der Waals surface area contributed by atoms with Gasteiger partial charge >= 0.3 is 0 Å². The van der Waals surface area contributed by atoms with Gasteiger partial charge in [0, 0.05) is 31.8 Å². The molecule has 4 heterocycles. The topological polar surface area (TPSA) is 123 Å². The highest BCUT2D eigenvalue weighted by molar-refractivity contribution is 5.94. The molecule has 0 unspecified atom stereocenters. The van der Waals surface area contributed by atoms with Crippen molar-refractivity contribution in [3.05, 3.63) is 93.4 Å². The van der Waals surface area contributed by atoms with Crippen molar-refractivity contribution in [1.29, 1.82) is 0 Å². The summed E-state index contributed by atoms with van der Waals surface area (Å²) in [5.74, 6) is 0.458. The lowest BCUT2D eigenvalue weighted by molar-refractivity contribution is 0.0703. The lowest BCUT2D eigenvalue weighted by Crippen LogP contribution is -2.39. The van der Waals surface area contributed by atoms with Gasteiger partial charge in [-0.25, -0.2) is 14.5 Å². The van der Waals surface area contributed by atoms with Crippen molar-refractivity contribution in [3.63, 3.8) is 0 Å². The van der Waals surface area contributed by atoms with E-state index >= 15 is 0 Å². The molecule has 1 aliphatic rings. The molecule has 0 fully saturated rings. The van der Waals surface area contributed by atoms with Crippen molar-refractivity contribution in [2.24, 2.45) is 0 Å². The largest absolute Gasteiger partial charge is 0.420 e. The Morgan fingerprint density at radius 2 is 1.97 bits per heavy atom. The second-order valence-electron chi connectivity index (χ2n) is 8.60. The first-order chi connectivity index (χ1) is 17.5. The van der Waals surface area contributed by atoms with E-state index < -0.39 is 11.7 Å². The van der Waals surface area contributed by atoms with Gasteiger partial charge in [-0.15, -0.1) is 10.2 Å². The summed E-state index contributed by atoms with van der Waals surface area (Å²) in [6, 6.07) is 11.6. The maximum Gasteiger partial charge on any atom is 0.272 e. The molecule has 180 valence electrons. The van der Waals surface area contributed by atoms with Crippen molar-refractivity contribution in [3.8, 4) is 11.6 Å². The average molecular weight is 485 g/mol. The Bertz CT molecular complexity index is 1690. The first-order valence-corrected chi connectivity index (χ1v) is 11.4. The van der Waals surface area contributed by atoms with Gasteiger partial charge in [-0.2, -0.15) is 5.10 Å². The Labute approximate surface area is 203 Å². The van der Waals surface area contributed by atoms with E-state index in [0.717, 1.165) is 0 Å². The summed E-state index contributed by atoms with van der Waals surface area (Å²) < 4.78 is 22.2. The third-order valence-corrected chi connectivity index (χ3v) is 6.30. The Hall–Kier alpha value is -4.67. The second kappa shape index (κ2) is 8.52. The number of carbonyl (C=O) groups excluding carboxylic acids is 1. The zero-order chi connectivity index (χ0) is 24.8. The summed E-state index contributed by atoms with van der Waals surface area (Å²) in [4.78, 5) is 31.4. The van der Waals surface area contributed by atoms with Crippen LogP contribution in [0.4, 0.5) is 4.39 Å². The number of nitrogens with zero attached hydrogens (tertiary/aromatic N) is 6. The summed E-state index contributed by atoms with van der Waals surface area (Å²) in [5, 5.41) is 15.8. The Balaban J connectivity index is 1.26. The summed E-state index contributed by atoms with van der Waals surface area (Å²) >= 11 is 0. The number of hydrogen-bond acceptors (Lipinski definition) is 7. The first kappa shape index (κ1) is 21.8. The van der Waals surface area contributed by atoms with Gasteiger partial charge in [-0.1, -0.05) is 24.3 Å². The number of hydrogen-bond donors (Lipinski definition) is 1. The van der Waals surface area contributed by atoms with Gasteiger partial charge in [-0.05, 0) is 23.8 Å². The quantitative estimate of drug-likeness (QED) is 0.415. The molecular formula is C25H20FN7O3. The fourth-order valence-electron chi connectivity index (χ4n) is 4.52. The number of fused-ring (bicyclic) bond motifs is 2. The van der Waals surface area contributed by atoms with Crippen LogP contribution in [-0.2, 0) is 19.5 Å². The molecule has 0 atom stereocenters. The molecule has 5 aromatic rings. The van der Waals surface area contributed by atoms with Gasteiger partial charge in [0.2, 0.25) is 5.89 Å². The smallest absolute Gasteiger partial charge is 0.272 e. The normalized spacial score (nSPS) is 13.2. The molecule has 0 aliphatic carbocycles. The van der Waals surface area contributed by atoms with E-state index in [1.807, 2.05) is 16.7 Å². The third kappa shape index (κ3) is 3.74. The molecule has 10 nitrogen and oxygen atoms in total. The SMILES string of the molecule is Cc1nnc(-c2cnc3n2CCN(C(=O)c2cc(Cc4n[nH]c(=O)c5ccccc45)ccc2F)C3)o1. The lowest BCUT2D eigenvalue weighted by atomic mass is 10.0. The molecule has 0 saturated carbocycles. The molecule has 2 aromatic carbocycles. The minimum atomic E-state index is -0.598. The number of halogens is 1. The molecule has 1 amide bonds. The van der Waals surface area contributed by atoms with Crippen molar-refractivity contribution in [2.45, 2.75) is 26.4 Å². The predicted molar refractivity (Wildman–Crippen MR) is 127 cm³/mol. The zero-order valence-corrected chi connectivity index (χ0v) is 19.2. The summed E-state index contributed by atoms with van der Waals surface area (Å²) in [6.45, 7) is 2.77. The highest BCUT2D eigenvalue weighted by Crippen LogP contribution is 2.25. The van der Waals surface area contributed by atoms with Crippen LogP contribution >= 0.6 is 0 Å². The van der Waals surface area contributed by atoms with E-state index in [0.29, 0.717) is 64.8 Å². The van der Waals surface area contributed by atoms with Crippen molar-refractivity contribution >= 4 is 16.7 Å². The van der Waals surface area contributed by atoms with Gasteiger partial charge in [-0.3, -0.25) is 9.59 Å². The molecular weight excluding hydrogens is 465 g/mol. The zero-order valence-electron chi connectivity index (χ0n) is 19.2. The average Bonchev–Trinajstić information content (AvgIpc) is 3.52. The van der Waals surface area contributed by atoms with Crippen molar-refractivity contribution in [2.75, 3.05) is 6.54 Å². The Morgan fingerprint density at radius 1 is 1.14 bits per heavy atom. The Morgan fingerprint density at radius 3 is 2.78 bits per heavy atom. The van der Waals surface area contributed by atoms with Crippen LogP contribution in [0.5, 0.6) is 0 Å². The fraction of sp³-hybridized carbons (Fsp3) is 0.200. The number of carbonyl (C=O) groups is 1. The molecule has 3 aromatic heterocycles. The number of aromatic amines is 1. The number of H-pyrrole nitrogens is 1. The number of imidazole rings is 1. The molecule has 0 spiro atoms. The molecule has 36 heavy (non-hydrogen) atoms. The van der Waals surface area contributed by atoms with Gasteiger partial charge < -0.3 is 13.9 Å². The third-order valence-electron chi connectivity index (χ3n) is 6.30. The molecule has 0 radical (unpaired) electrons. The van der Waals surface area contributed by atoms with Gasteiger partial charge in [0.1, 0.15) is 17.3 Å². The highest BCUT2D eigenvalue weighted by Gasteiger charge is 2.27. The van der Waals surface area contributed by atoms with E-state index in [4.69, 9.17) is 4.42 Å². The van der Waals surface area contributed by atoms with Crippen LogP contribution in [-0.4, -0.2) is 47.3 Å². The van der Waals surface area contributed by atoms with Crippen LogP contribution in [0.25, 0.3) is 22.4 Å². The minimum absolute atomic E-state index is 0.0195. The number of aromatic nitrogens is 6. The van der Waals surface area contributed by atoms with Gasteiger partial charge in [0.05, 0.1) is 29.4 Å². The van der Waals surface area contributed by atoms with Crippen LogP contribution in [0.1, 0.15) is 33.3 Å². The summed E-state index contributed by atoms with van der Waals surface area (Å²) in [5.41, 5.74) is 1.74. The maximum absolute atomic E-state index is 14.8. The number of aryl methyl sites for hydroxylation is 1. The van der Waals surface area contributed by atoms with E-state index in [2.05, 4.69) is 25.4 Å². The summed E-state index contributed by atoms with van der Waals surface area (Å²) in [7, 11) is 0. The number of nitrogens with one attached hydrogen (secondary N) is 1. The number of amides is 1. The Kier molecular flexibility index (Phi) is 5.17. The van der Waals surface area contributed by atoms with Gasteiger partial charge in [0.25, 0.3) is 17.4 Å². The molecule has 0 bridgehead atoms. The molecule has 1 N–H and O–H groups in total. The first-order valence-electron chi connectivity index (χ1n) is 11.4. The molecule has 11 heteroatoms. The highest BCUT2D eigenvalue weighted by atomic mass is 19.1. The van der Waals surface area contributed by atoms with Crippen LogP contribution in [0.15, 0.2) is 57.9 Å². The minimum Gasteiger partial charge on any atom is -0.420 e. The summed E-state index contributed by atoms with van der Waals surface area (Å²) in [6.07, 6.45) is 1.97. The van der Waals surface area contributed by atoms with E-state index in [9.17, 15) is 14.0 Å². The molecule has 0 saturated heterocycles. The lowest BCUT2D eigenvalue weighted by Gasteiger charge is -2.28. The van der Waals surface area contributed by atoms with E-state index in [1.54, 1.807) is 42.3 Å². The second-order valence-corrected chi connectivity index (χ2v) is 8.60. The van der Waals surface area contributed by atoms with Crippen LogP contribution < -0.4 is 5.56 Å². The monoisotopic (exact) mass is 485 g/mol. The predicted octanol–water partition coefficient (Wildman–Crippen LogP) is 2.86. The fourth-order valence-corrected chi connectivity index (χ4v) is 4.52. The van der Waals surface area contributed by atoms with Crippen molar-refractivity contribution < 1.29 is 13.6 Å². The maximum atomic E-state index is 14.8. The number of rotatable bonds is 4. The number of benzene rings is 2. The standard InChI is InChI=1S/C25H20FN7O3/c1-14-28-31-24(36-14)21-12-27-22-13-32(8-9-33(21)22)25(35)18-10-15(6-7-19(18)26)11-20-16-4-2-3-5-17(16)23(34)30-29-20/h2-7,10,12H,8-9,11,13H2,1H3,(H,30,34).